The Morgan fingerprint density at radius 2 is 1.80 bits per heavy atom. The molecule has 0 saturated carbocycles. The molecule has 0 heterocycles. The van der Waals surface area contributed by atoms with E-state index in [0.29, 0.717) is 19.3 Å². The summed E-state index contributed by atoms with van der Waals surface area (Å²) < 4.78 is 15.7. The fraction of sp³-hybridized carbons (Fsp3) is 1.00. The Morgan fingerprint density at radius 3 is 2.47 bits per heavy atom. The van der Waals surface area contributed by atoms with Crippen LogP contribution in [0.2, 0.25) is 0 Å². The Labute approximate surface area is 93.3 Å². The maximum atomic E-state index is 5.39. The Balaban J connectivity index is 2.87. The molecule has 0 radical (unpaired) electrons. The molecule has 4 heteroatoms. The molecule has 0 atom stereocenters. The average molecular weight is 219 g/mol. The van der Waals surface area contributed by atoms with Gasteiger partial charge >= 0.3 is 0 Å². The minimum atomic E-state index is 0.296. The number of methoxy groups -OCH3 is 1. The average Bonchev–Trinajstić information content (AvgIpc) is 2.20. The molecule has 0 aromatic carbocycles. The molecule has 0 unspecified atom stereocenters. The highest BCUT2D eigenvalue weighted by Crippen LogP contribution is 1.88. The standard InChI is InChI=1S/C11H25NO3/c1-11(2)15-10-9-14-7-4-5-12-6-8-13-3/h11-12H,4-10H2,1-3H3. The largest absolute Gasteiger partial charge is 0.383 e. The third-order valence-corrected chi connectivity index (χ3v) is 1.80. The Bertz CT molecular complexity index is 120. The van der Waals surface area contributed by atoms with Crippen LogP contribution >= 0.6 is 0 Å². The molecule has 15 heavy (non-hydrogen) atoms. The van der Waals surface area contributed by atoms with Crippen LogP contribution in [0.1, 0.15) is 20.3 Å². The highest BCUT2D eigenvalue weighted by Gasteiger charge is 1.93. The zero-order valence-electron chi connectivity index (χ0n) is 10.3. The quantitative estimate of drug-likeness (QED) is 0.527. The van der Waals surface area contributed by atoms with Crippen LogP contribution in [0, 0.1) is 0 Å². The molecule has 0 rings (SSSR count). The van der Waals surface area contributed by atoms with E-state index in [9.17, 15) is 0 Å². The van der Waals surface area contributed by atoms with Crippen LogP contribution in [-0.4, -0.2) is 52.7 Å². The summed E-state index contributed by atoms with van der Waals surface area (Å²) in [6, 6.07) is 0. The fourth-order valence-corrected chi connectivity index (χ4v) is 1.04. The molecule has 0 saturated heterocycles. The lowest BCUT2D eigenvalue weighted by atomic mass is 10.4. The van der Waals surface area contributed by atoms with E-state index in [-0.39, 0.29) is 0 Å². The third-order valence-electron chi connectivity index (χ3n) is 1.80. The van der Waals surface area contributed by atoms with Crippen LogP contribution in [0.4, 0.5) is 0 Å². The third kappa shape index (κ3) is 13.8. The summed E-state index contributed by atoms with van der Waals surface area (Å²) in [5.41, 5.74) is 0. The summed E-state index contributed by atoms with van der Waals surface area (Å²) in [4.78, 5) is 0. The number of nitrogens with one attached hydrogen (secondary N) is 1. The van der Waals surface area contributed by atoms with Crippen molar-refractivity contribution >= 4 is 0 Å². The monoisotopic (exact) mass is 219 g/mol. The molecular weight excluding hydrogens is 194 g/mol. The Morgan fingerprint density at radius 1 is 1.00 bits per heavy atom. The Hall–Kier alpha value is -0.160. The lowest BCUT2D eigenvalue weighted by molar-refractivity contribution is 0.0190. The first-order valence-electron chi connectivity index (χ1n) is 5.66. The van der Waals surface area contributed by atoms with Crippen LogP contribution in [0.25, 0.3) is 0 Å². The summed E-state index contributed by atoms with van der Waals surface area (Å²) in [7, 11) is 1.71. The first-order chi connectivity index (χ1) is 7.27. The van der Waals surface area contributed by atoms with Crippen molar-refractivity contribution in [2.45, 2.75) is 26.4 Å². The highest BCUT2D eigenvalue weighted by atomic mass is 16.5. The molecule has 0 spiro atoms. The number of ether oxygens (including phenoxy) is 3. The number of rotatable bonds is 11. The number of hydrogen-bond donors (Lipinski definition) is 1. The first-order valence-corrected chi connectivity index (χ1v) is 5.66. The van der Waals surface area contributed by atoms with E-state index in [4.69, 9.17) is 14.2 Å². The van der Waals surface area contributed by atoms with E-state index in [1.54, 1.807) is 7.11 Å². The van der Waals surface area contributed by atoms with Crippen LogP contribution < -0.4 is 5.32 Å². The molecule has 0 aromatic heterocycles. The van der Waals surface area contributed by atoms with Gasteiger partial charge in [0.05, 0.1) is 25.9 Å². The summed E-state index contributed by atoms with van der Waals surface area (Å²) in [5, 5.41) is 3.26. The van der Waals surface area contributed by atoms with E-state index < -0.39 is 0 Å². The van der Waals surface area contributed by atoms with Gasteiger partial charge in [-0.3, -0.25) is 0 Å². The van der Waals surface area contributed by atoms with E-state index in [2.05, 4.69) is 5.32 Å². The van der Waals surface area contributed by atoms with E-state index in [0.717, 1.165) is 32.7 Å². The van der Waals surface area contributed by atoms with Crippen LogP contribution in [-0.2, 0) is 14.2 Å². The van der Waals surface area contributed by atoms with Gasteiger partial charge in [0.15, 0.2) is 0 Å². The van der Waals surface area contributed by atoms with Crippen molar-refractivity contribution in [2.75, 3.05) is 46.6 Å². The van der Waals surface area contributed by atoms with Crippen molar-refractivity contribution in [2.24, 2.45) is 0 Å². The number of hydrogen-bond acceptors (Lipinski definition) is 4. The summed E-state index contributed by atoms with van der Waals surface area (Å²) >= 11 is 0. The highest BCUT2D eigenvalue weighted by molar-refractivity contribution is 4.46. The molecule has 92 valence electrons. The molecular formula is C11H25NO3. The zero-order chi connectivity index (χ0) is 11.4. The smallest absolute Gasteiger partial charge is 0.0703 e. The van der Waals surface area contributed by atoms with Crippen LogP contribution in [0.15, 0.2) is 0 Å². The predicted molar refractivity (Wildman–Crippen MR) is 61.3 cm³/mol. The molecule has 1 N–H and O–H groups in total. The molecule has 4 nitrogen and oxygen atoms in total. The predicted octanol–water partition coefficient (Wildman–Crippen LogP) is 1.05. The summed E-state index contributed by atoms with van der Waals surface area (Å²) in [6.07, 6.45) is 1.33. The SMILES string of the molecule is COCCNCCCOCCOC(C)C. The molecule has 0 aliphatic heterocycles. The van der Waals surface area contributed by atoms with Crippen LogP contribution in [0.3, 0.4) is 0 Å². The van der Waals surface area contributed by atoms with Gasteiger partial charge < -0.3 is 19.5 Å². The maximum absolute atomic E-state index is 5.39. The van der Waals surface area contributed by atoms with E-state index >= 15 is 0 Å². The van der Waals surface area contributed by atoms with E-state index in [1.807, 2.05) is 13.8 Å². The van der Waals surface area contributed by atoms with Crippen molar-refractivity contribution in [3.05, 3.63) is 0 Å². The van der Waals surface area contributed by atoms with Gasteiger partial charge in [-0.2, -0.15) is 0 Å². The molecule has 0 aliphatic rings. The molecule has 0 bridgehead atoms. The molecule has 0 aromatic rings. The minimum absolute atomic E-state index is 0.296. The molecule has 0 amide bonds. The first kappa shape index (κ1) is 14.8. The van der Waals surface area contributed by atoms with Gasteiger partial charge in [0.2, 0.25) is 0 Å². The van der Waals surface area contributed by atoms with Crippen molar-refractivity contribution in [3.63, 3.8) is 0 Å². The second-order valence-corrected chi connectivity index (χ2v) is 3.63. The van der Waals surface area contributed by atoms with Gasteiger partial charge in [-0.05, 0) is 26.8 Å². The van der Waals surface area contributed by atoms with Gasteiger partial charge in [0.1, 0.15) is 0 Å². The lowest BCUT2D eigenvalue weighted by Gasteiger charge is -2.08. The van der Waals surface area contributed by atoms with Gasteiger partial charge in [-0.15, -0.1) is 0 Å². The van der Waals surface area contributed by atoms with Gasteiger partial charge in [0.25, 0.3) is 0 Å². The lowest BCUT2D eigenvalue weighted by Crippen LogP contribution is -2.21. The zero-order valence-corrected chi connectivity index (χ0v) is 10.3. The Kier molecular flexibility index (Phi) is 11.8. The van der Waals surface area contributed by atoms with E-state index in [1.165, 1.54) is 0 Å². The maximum Gasteiger partial charge on any atom is 0.0703 e. The normalized spacial score (nSPS) is 11.2. The van der Waals surface area contributed by atoms with Gasteiger partial charge in [-0.1, -0.05) is 0 Å². The topological polar surface area (TPSA) is 39.7 Å². The van der Waals surface area contributed by atoms with Crippen molar-refractivity contribution < 1.29 is 14.2 Å². The van der Waals surface area contributed by atoms with Crippen molar-refractivity contribution in [1.82, 2.24) is 5.32 Å². The van der Waals surface area contributed by atoms with Crippen molar-refractivity contribution in [1.29, 1.82) is 0 Å². The summed E-state index contributed by atoms with van der Waals surface area (Å²) in [5.74, 6) is 0. The van der Waals surface area contributed by atoms with Gasteiger partial charge in [-0.25, -0.2) is 0 Å². The van der Waals surface area contributed by atoms with Crippen LogP contribution in [0.5, 0.6) is 0 Å². The van der Waals surface area contributed by atoms with Gasteiger partial charge in [0, 0.05) is 20.3 Å². The second kappa shape index (κ2) is 11.9. The summed E-state index contributed by atoms with van der Waals surface area (Å²) in [6.45, 7) is 8.89. The molecule has 0 aliphatic carbocycles. The molecule has 0 fully saturated rings. The fourth-order valence-electron chi connectivity index (χ4n) is 1.04. The second-order valence-electron chi connectivity index (χ2n) is 3.63. The minimum Gasteiger partial charge on any atom is -0.383 e. The van der Waals surface area contributed by atoms with Crippen molar-refractivity contribution in [3.8, 4) is 0 Å².